The van der Waals surface area contributed by atoms with Crippen molar-refractivity contribution in [2.24, 2.45) is 5.92 Å². The Bertz CT molecular complexity index is 1560. The number of hydrogen-bond acceptors (Lipinski definition) is 5. The van der Waals surface area contributed by atoms with Crippen molar-refractivity contribution in [1.82, 2.24) is 20.2 Å². The summed E-state index contributed by atoms with van der Waals surface area (Å²) in [5.41, 5.74) is 4.50. The first kappa shape index (κ1) is 23.8. The number of benzene rings is 3. The van der Waals surface area contributed by atoms with Crippen LogP contribution in [0.3, 0.4) is 0 Å². The number of aromatic nitrogens is 4. The molecule has 0 saturated heterocycles. The van der Waals surface area contributed by atoms with Gasteiger partial charge in [0.05, 0.1) is 23.5 Å². The van der Waals surface area contributed by atoms with Gasteiger partial charge in [0, 0.05) is 27.5 Å². The number of H-pyrrole nitrogens is 2. The van der Waals surface area contributed by atoms with E-state index in [2.05, 4.69) is 67.4 Å². The van der Waals surface area contributed by atoms with Crippen LogP contribution in [0.15, 0.2) is 82.1 Å². The van der Waals surface area contributed by atoms with E-state index in [0.29, 0.717) is 30.5 Å². The van der Waals surface area contributed by atoms with Crippen LogP contribution in [0.1, 0.15) is 19.4 Å². The SMILES string of the molecule is CC(C)COc1ccccc1-c1cc(-c2ccc3[nH]nc(NCc4ccc(Br)cc4)c3c2)nc(=O)[nH]1. The van der Waals surface area contributed by atoms with Crippen molar-refractivity contribution in [2.75, 3.05) is 11.9 Å². The second kappa shape index (κ2) is 10.4. The molecular formula is C28H26BrN5O2. The zero-order valence-electron chi connectivity index (χ0n) is 20.0. The predicted octanol–water partition coefficient (Wildman–Crippen LogP) is 6.39. The van der Waals surface area contributed by atoms with Crippen molar-refractivity contribution < 1.29 is 4.74 Å². The summed E-state index contributed by atoms with van der Waals surface area (Å²) < 4.78 is 7.05. The standard InChI is InChI=1S/C28H26BrN5O2/c1-17(2)16-36-26-6-4-3-5-21(26)25-14-24(31-28(35)32-25)19-9-12-23-22(13-19)27(34-33-23)30-15-18-7-10-20(29)11-8-18/h3-14,17H,15-16H2,1-2H3,(H2,30,33,34)(H,31,32,35). The fourth-order valence-electron chi connectivity index (χ4n) is 3.92. The number of aromatic amines is 2. The van der Waals surface area contributed by atoms with Crippen LogP contribution >= 0.6 is 15.9 Å². The molecular weight excluding hydrogens is 518 g/mol. The number of fused-ring (bicyclic) bond motifs is 1. The van der Waals surface area contributed by atoms with E-state index in [0.717, 1.165) is 43.6 Å². The van der Waals surface area contributed by atoms with Crippen LogP contribution < -0.4 is 15.7 Å². The summed E-state index contributed by atoms with van der Waals surface area (Å²) in [6.07, 6.45) is 0. The van der Waals surface area contributed by atoms with Crippen LogP contribution in [-0.2, 0) is 6.54 Å². The highest BCUT2D eigenvalue weighted by molar-refractivity contribution is 9.10. The average Bonchev–Trinajstić information content (AvgIpc) is 3.29. The Morgan fingerprint density at radius 1 is 1.03 bits per heavy atom. The van der Waals surface area contributed by atoms with Crippen molar-refractivity contribution in [2.45, 2.75) is 20.4 Å². The fraction of sp³-hybridized carbons (Fsp3) is 0.179. The lowest BCUT2D eigenvalue weighted by Gasteiger charge is -2.13. The number of para-hydroxylation sites is 1. The van der Waals surface area contributed by atoms with E-state index in [9.17, 15) is 4.79 Å². The third kappa shape index (κ3) is 5.33. The second-order valence-electron chi connectivity index (χ2n) is 9.00. The van der Waals surface area contributed by atoms with Gasteiger partial charge < -0.3 is 15.0 Å². The highest BCUT2D eigenvalue weighted by atomic mass is 79.9. The summed E-state index contributed by atoms with van der Waals surface area (Å²) >= 11 is 3.46. The van der Waals surface area contributed by atoms with Gasteiger partial charge in [0.2, 0.25) is 0 Å². The molecule has 5 aromatic rings. The largest absolute Gasteiger partial charge is 0.493 e. The summed E-state index contributed by atoms with van der Waals surface area (Å²) in [6, 6.07) is 23.6. The molecule has 3 N–H and O–H groups in total. The summed E-state index contributed by atoms with van der Waals surface area (Å²) in [5, 5.41) is 11.8. The lowest BCUT2D eigenvalue weighted by atomic mass is 10.1. The van der Waals surface area contributed by atoms with Gasteiger partial charge in [-0.3, -0.25) is 5.10 Å². The predicted molar refractivity (Wildman–Crippen MR) is 147 cm³/mol. The zero-order chi connectivity index (χ0) is 25.1. The molecule has 3 aromatic carbocycles. The van der Waals surface area contributed by atoms with Crippen LogP contribution in [0.5, 0.6) is 5.75 Å². The Kier molecular flexibility index (Phi) is 6.86. The summed E-state index contributed by atoms with van der Waals surface area (Å²) in [6.45, 7) is 5.43. The Hall–Kier alpha value is -3.91. The highest BCUT2D eigenvalue weighted by Crippen LogP contribution is 2.31. The molecule has 0 fully saturated rings. The fourth-order valence-corrected chi connectivity index (χ4v) is 4.18. The van der Waals surface area contributed by atoms with Gasteiger partial charge in [-0.1, -0.05) is 60.1 Å². The third-order valence-electron chi connectivity index (χ3n) is 5.73. The van der Waals surface area contributed by atoms with E-state index < -0.39 is 5.69 Å². The average molecular weight is 544 g/mol. The lowest BCUT2D eigenvalue weighted by molar-refractivity contribution is 0.272. The van der Waals surface area contributed by atoms with E-state index >= 15 is 0 Å². The number of hydrogen-bond donors (Lipinski definition) is 3. The normalized spacial score (nSPS) is 11.2. The van der Waals surface area contributed by atoms with Gasteiger partial charge >= 0.3 is 5.69 Å². The maximum Gasteiger partial charge on any atom is 0.345 e. The molecule has 0 aliphatic carbocycles. The molecule has 2 aromatic heterocycles. The van der Waals surface area contributed by atoms with Gasteiger partial charge in [0.25, 0.3) is 0 Å². The van der Waals surface area contributed by atoms with Crippen LogP contribution in [0.2, 0.25) is 0 Å². The first-order chi connectivity index (χ1) is 17.5. The van der Waals surface area contributed by atoms with E-state index in [1.54, 1.807) is 0 Å². The monoisotopic (exact) mass is 543 g/mol. The second-order valence-corrected chi connectivity index (χ2v) is 9.91. The minimum absolute atomic E-state index is 0.387. The molecule has 0 aliphatic heterocycles. The molecule has 182 valence electrons. The number of ether oxygens (including phenoxy) is 1. The number of rotatable bonds is 8. The lowest BCUT2D eigenvalue weighted by Crippen LogP contribution is -2.12. The number of anilines is 1. The summed E-state index contributed by atoms with van der Waals surface area (Å²) in [7, 11) is 0. The van der Waals surface area contributed by atoms with Crippen LogP contribution in [0.25, 0.3) is 33.4 Å². The molecule has 0 spiro atoms. The zero-order valence-corrected chi connectivity index (χ0v) is 21.6. The molecule has 0 radical (unpaired) electrons. The van der Waals surface area contributed by atoms with Gasteiger partial charge in [-0.05, 0) is 53.9 Å². The van der Waals surface area contributed by atoms with Gasteiger partial charge in [-0.15, -0.1) is 0 Å². The Morgan fingerprint density at radius 2 is 1.83 bits per heavy atom. The van der Waals surface area contributed by atoms with E-state index in [1.165, 1.54) is 0 Å². The summed E-state index contributed by atoms with van der Waals surface area (Å²) in [4.78, 5) is 19.7. The summed E-state index contributed by atoms with van der Waals surface area (Å²) in [5.74, 6) is 1.86. The van der Waals surface area contributed by atoms with Crippen LogP contribution in [0.4, 0.5) is 5.82 Å². The molecule has 0 atom stereocenters. The molecule has 0 amide bonds. The van der Waals surface area contributed by atoms with Gasteiger partial charge in [-0.2, -0.15) is 10.1 Å². The number of nitrogens with one attached hydrogen (secondary N) is 3. The van der Waals surface area contributed by atoms with E-state index in [-0.39, 0.29) is 0 Å². The Labute approximate surface area is 217 Å². The van der Waals surface area contributed by atoms with Gasteiger partial charge in [0.1, 0.15) is 5.75 Å². The maximum atomic E-state index is 12.6. The molecule has 36 heavy (non-hydrogen) atoms. The minimum atomic E-state index is -0.415. The minimum Gasteiger partial charge on any atom is -0.493 e. The van der Waals surface area contributed by atoms with Gasteiger partial charge in [-0.25, -0.2) is 4.79 Å². The van der Waals surface area contributed by atoms with Crippen molar-refractivity contribution in [3.63, 3.8) is 0 Å². The molecule has 0 bridgehead atoms. The number of nitrogens with zero attached hydrogens (tertiary/aromatic N) is 2. The molecule has 7 nitrogen and oxygen atoms in total. The molecule has 2 heterocycles. The first-order valence-corrected chi connectivity index (χ1v) is 12.6. The molecule has 5 rings (SSSR count). The molecule has 0 aliphatic rings. The van der Waals surface area contributed by atoms with Crippen molar-refractivity contribution in [3.05, 3.63) is 93.3 Å². The molecule has 0 saturated carbocycles. The Balaban J connectivity index is 1.47. The first-order valence-electron chi connectivity index (χ1n) is 11.8. The van der Waals surface area contributed by atoms with Crippen LogP contribution in [0, 0.1) is 5.92 Å². The van der Waals surface area contributed by atoms with Crippen LogP contribution in [-0.4, -0.2) is 26.8 Å². The number of halogens is 1. The van der Waals surface area contributed by atoms with E-state index in [4.69, 9.17) is 4.74 Å². The van der Waals surface area contributed by atoms with Crippen molar-refractivity contribution in [1.29, 1.82) is 0 Å². The Morgan fingerprint density at radius 3 is 2.64 bits per heavy atom. The van der Waals surface area contributed by atoms with Crippen molar-refractivity contribution >= 4 is 32.7 Å². The molecule has 8 heteroatoms. The topological polar surface area (TPSA) is 95.7 Å². The quantitative estimate of drug-likeness (QED) is 0.211. The van der Waals surface area contributed by atoms with Crippen molar-refractivity contribution in [3.8, 4) is 28.3 Å². The third-order valence-corrected chi connectivity index (χ3v) is 6.25. The maximum absolute atomic E-state index is 12.6. The molecule has 0 unspecified atom stereocenters. The van der Waals surface area contributed by atoms with E-state index in [1.807, 2.05) is 60.7 Å². The highest BCUT2D eigenvalue weighted by Gasteiger charge is 2.13. The smallest absolute Gasteiger partial charge is 0.345 e. The van der Waals surface area contributed by atoms with Gasteiger partial charge in [0.15, 0.2) is 5.82 Å².